The lowest BCUT2D eigenvalue weighted by Crippen LogP contribution is -2.58. The predicted molar refractivity (Wildman–Crippen MR) is 135 cm³/mol. The summed E-state index contributed by atoms with van der Waals surface area (Å²) in [6, 6.07) is 12.3. The number of carbonyl (C=O) groups excluding carboxylic acids is 3. The topological polar surface area (TPSA) is 93.8 Å². The number of nitrogens with one attached hydrogen (secondary N) is 3. The first-order valence-corrected chi connectivity index (χ1v) is 12.0. The van der Waals surface area contributed by atoms with E-state index in [1.54, 1.807) is 58.3 Å². The number of hydrogen-bond donors (Lipinski definition) is 3. The molecule has 2 unspecified atom stereocenters. The maximum absolute atomic E-state index is 13.3. The fraction of sp³-hybridized carbons (Fsp3) is 0.375. The summed E-state index contributed by atoms with van der Waals surface area (Å²) < 4.78 is 0. The van der Waals surface area contributed by atoms with E-state index >= 15 is 0 Å². The van der Waals surface area contributed by atoms with Gasteiger partial charge in [0.05, 0.1) is 0 Å². The van der Waals surface area contributed by atoms with Crippen LogP contribution in [0.15, 0.2) is 48.5 Å². The number of carbonyl (C=O) groups is 3. The molecule has 2 atom stereocenters. The average molecular weight is 506 g/mol. The molecule has 1 saturated heterocycles. The van der Waals surface area contributed by atoms with Gasteiger partial charge in [-0.25, -0.2) is 9.59 Å². The zero-order valence-electron chi connectivity index (χ0n) is 19.2. The Labute approximate surface area is 209 Å². The molecule has 1 heterocycles. The van der Waals surface area contributed by atoms with Crippen molar-refractivity contribution in [2.45, 2.75) is 26.3 Å². The number of nitrogens with zero attached hydrogens (tertiary/aromatic N) is 2. The van der Waals surface area contributed by atoms with Crippen LogP contribution in [-0.4, -0.2) is 60.0 Å². The number of anilines is 2. The SMILES string of the molecule is CCC(C)C(NC(=O)Nc1ccc(Cl)cc1)C(=O)N1CCN(C(=O)Nc2cccc(Cl)c2)CC1. The Hall–Kier alpha value is -2.97. The molecule has 5 amide bonds. The molecule has 182 valence electrons. The van der Waals surface area contributed by atoms with Gasteiger partial charge in [-0.3, -0.25) is 4.79 Å². The molecule has 2 aromatic carbocycles. The average Bonchev–Trinajstić information content (AvgIpc) is 2.83. The minimum atomic E-state index is -0.677. The monoisotopic (exact) mass is 505 g/mol. The molecular weight excluding hydrogens is 477 g/mol. The lowest BCUT2D eigenvalue weighted by atomic mass is 9.97. The molecule has 3 N–H and O–H groups in total. The van der Waals surface area contributed by atoms with Crippen LogP contribution >= 0.6 is 23.2 Å². The van der Waals surface area contributed by atoms with Gasteiger partial charge in [0.25, 0.3) is 0 Å². The van der Waals surface area contributed by atoms with Crippen molar-refractivity contribution < 1.29 is 14.4 Å². The van der Waals surface area contributed by atoms with Gasteiger partial charge in [-0.2, -0.15) is 0 Å². The molecule has 1 fully saturated rings. The third kappa shape index (κ3) is 7.01. The summed E-state index contributed by atoms with van der Waals surface area (Å²) in [5, 5.41) is 9.49. The highest BCUT2D eigenvalue weighted by Gasteiger charge is 2.32. The quantitative estimate of drug-likeness (QED) is 0.520. The van der Waals surface area contributed by atoms with Crippen molar-refractivity contribution in [1.82, 2.24) is 15.1 Å². The number of amides is 5. The summed E-state index contributed by atoms with van der Waals surface area (Å²) >= 11 is 11.9. The summed E-state index contributed by atoms with van der Waals surface area (Å²) in [7, 11) is 0. The van der Waals surface area contributed by atoms with Crippen LogP contribution in [0.4, 0.5) is 21.0 Å². The number of urea groups is 2. The van der Waals surface area contributed by atoms with Gasteiger partial charge in [-0.05, 0) is 48.4 Å². The Balaban J connectivity index is 1.56. The molecule has 0 aliphatic carbocycles. The highest BCUT2D eigenvalue weighted by atomic mass is 35.5. The fourth-order valence-corrected chi connectivity index (χ4v) is 3.94. The van der Waals surface area contributed by atoms with Crippen LogP contribution in [0.2, 0.25) is 10.0 Å². The van der Waals surface area contributed by atoms with Crippen LogP contribution in [-0.2, 0) is 4.79 Å². The molecule has 2 aromatic rings. The van der Waals surface area contributed by atoms with Gasteiger partial charge in [0.15, 0.2) is 0 Å². The molecule has 0 spiro atoms. The van der Waals surface area contributed by atoms with E-state index in [1.165, 1.54) is 0 Å². The first-order valence-electron chi connectivity index (χ1n) is 11.2. The summed E-state index contributed by atoms with van der Waals surface area (Å²) in [5.41, 5.74) is 1.19. The molecule has 0 radical (unpaired) electrons. The van der Waals surface area contributed by atoms with E-state index in [0.717, 1.165) is 6.42 Å². The number of piperazine rings is 1. The summed E-state index contributed by atoms with van der Waals surface area (Å²) in [6.45, 7) is 5.46. The van der Waals surface area contributed by atoms with Crippen molar-refractivity contribution >= 4 is 52.5 Å². The van der Waals surface area contributed by atoms with Crippen molar-refractivity contribution in [2.24, 2.45) is 5.92 Å². The van der Waals surface area contributed by atoms with Crippen LogP contribution in [0.5, 0.6) is 0 Å². The van der Waals surface area contributed by atoms with Gasteiger partial charge in [-0.1, -0.05) is 49.5 Å². The van der Waals surface area contributed by atoms with Gasteiger partial charge in [0.1, 0.15) is 6.04 Å². The van der Waals surface area contributed by atoms with Crippen molar-refractivity contribution in [3.8, 4) is 0 Å². The van der Waals surface area contributed by atoms with Crippen molar-refractivity contribution in [3.05, 3.63) is 58.6 Å². The molecule has 10 heteroatoms. The predicted octanol–water partition coefficient (Wildman–Crippen LogP) is 4.91. The number of rotatable bonds is 6. The smallest absolute Gasteiger partial charge is 0.321 e. The van der Waals surface area contributed by atoms with E-state index in [9.17, 15) is 14.4 Å². The number of hydrogen-bond acceptors (Lipinski definition) is 3. The molecule has 1 aliphatic heterocycles. The van der Waals surface area contributed by atoms with Gasteiger partial charge in [0, 0.05) is 47.6 Å². The van der Waals surface area contributed by atoms with E-state index in [0.29, 0.717) is 47.6 Å². The van der Waals surface area contributed by atoms with Crippen LogP contribution < -0.4 is 16.0 Å². The van der Waals surface area contributed by atoms with Crippen LogP contribution in [0.25, 0.3) is 0 Å². The van der Waals surface area contributed by atoms with E-state index in [-0.39, 0.29) is 17.9 Å². The second kappa shape index (κ2) is 11.9. The zero-order chi connectivity index (χ0) is 24.7. The molecular formula is C24H29Cl2N5O3. The maximum atomic E-state index is 13.3. The van der Waals surface area contributed by atoms with E-state index in [2.05, 4.69) is 16.0 Å². The minimum Gasteiger partial charge on any atom is -0.337 e. The molecule has 0 saturated carbocycles. The highest BCUT2D eigenvalue weighted by Crippen LogP contribution is 2.18. The Bertz CT molecular complexity index is 1010. The van der Waals surface area contributed by atoms with Crippen LogP contribution in [0, 0.1) is 5.92 Å². The Morgan fingerprint density at radius 1 is 0.882 bits per heavy atom. The second-order valence-corrected chi connectivity index (χ2v) is 9.09. The highest BCUT2D eigenvalue weighted by molar-refractivity contribution is 6.31. The Morgan fingerprint density at radius 3 is 2.15 bits per heavy atom. The van der Waals surface area contributed by atoms with Crippen LogP contribution in [0.1, 0.15) is 20.3 Å². The molecule has 1 aliphatic rings. The lowest BCUT2D eigenvalue weighted by Gasteiger charge is -2.37. The fourth-order valence-electron chi connectivity index (χ4n) is 3.62. The minimum absolute atomic E-state index is 0.0624. The standard InChI is InChI=1S/C24H29Cl2N5O3/c1-3-16(2)21(29-23(33)27-19-9-7-17(25)8-10-19)22(32)30-11-13-31(14-12-30)24(34)28-20-6-4-5-18(26)15-20/h4-10,15-16,21H,3,11-14H2,1-2H3,(H,28,34)(H2,27,29,33). The molecule has 34 heavy (non-hydrogen) atoms. The largest absolute Gasteiger partial charge is 0.337 e. The third-order valence-electron chi connectivity index (χ3n) is 5.82. The van der Waals surface area contributed by atoms with Gasteiger partial charge in [-0.15, -0.1) is 0 Å². The van der Waals surface area contributed by atoms with Gasteiger partial charge in [0.2, 0.25) is 5.91 Å². The number of benzene rings is 2. The van der Waals surface area contributed by atoms with Gasteiger partial charge < -0.3 is 25.8 Å². The molecule has 8 nitrogen and oxygen atoms in total. The first-order chi connectivity index (χ1) is 16.3. The summed E-state index contributed by atoms with van der Waals surface area (Å²) in [6.07, 6.45) is 0.722. The van der Waals surface area contributed by atoms with Crippen LogP contribution in [0.3, 0.4) is 0 Å². The van der Waals surface area contributed by atoms with Crippen molar-refractivity contribution in [2.75, 3.05) is 36.8 Å². The zero-order valence-corrected chi connectivity index (χ0v) is 20.7. The van der Waals surface area contributed by atoms with Crippen molar-refractivity contribution in [1.29, 1.82) is 0 Å². The second-order valence-electron chi connectivity index (χ2n) is 8.22. The molecule has 0 aromatic heterocycles. The number of halogens is 2. The van der Waals surface area contributed by atoms with E-state index in [1.807, 2.05) is 13.8 Å². The lowest BCUT2D eigenvalue weighted by molar-refractivity contribution is -0.135. The third-order valence-corrected chi connectivity index (χ3v) is 6.31. The molecule has 0 bridgehead atoms. The normalized spacial score (nSPS) is 15.3. The first kappa shape index (κ1) is 25.6. The molecule has 3 rings (SSSR count). The summed E-state index contributed by atoms with van der Waals surface area (Å²) in [4.78, 5) is 41.8. The Morgan fingerprint density at radius 2 is 1.53 bits per heavy atom. The van der Waals surface area contributed by atoms with Gasteiger partial charge >= 0.3 is 12.1 Å². The van der Waals surface area contributed by atoms with Crippen molar-refractivity contribution in [3.63, 3.8) is 0 Å². The van der Waals surface area contributed by atoms with E-state index < -0.39 is 12.1 Å². The Kier molecular flexibility index (Phi) is 9.01. The maximum Gasteiger partial charge on any atom is 0.321 e. The van der Waals surface area contributed by atoms with E-state index in [4.69, 9.17) is 23.2 Å². The summed E-state index contributed by atoms with van der Waals surface area (Å²) in [5.74, 6) is -0.219.